The number of benzene rings is 1. The second-order valence-electron chi connectivity index (χ2n) is 3.71. The Balaban J connectivity index is 3.00. The number of nitrogens with two attached hydrogens (primary N) is 1. The fraction of sp³-hybridized carbons (Fsp3) is 0.364. The first-order chi connectivity index (χ1) is 6.91. The van der Waals surface area contributed by atoms with Crippen molar-refractivity contribution in [1.29, 1.82) is 0 Å². The minimum atomic E-state index is -0.925. The van der Waals surface area contributed by atoms with E-state index < -0.39 is 12.0 Å². The summed E-state index contributed by atoms with van der Waals surface area (Å²) in [4.78, 5) is 10.5. The number of phenols is 1. The number of phenolic OH excluding ortho intramolecular Hbond substituents is 1. The van der Waals surface area contributed by atoms with E-state index in [0.29, 0.717) is 11.1 Å². The van der Waals surface area contributed by atoms with Crippen molar-refractivity contribution >= 4 is 5.97 Å². The van der Waals surface area contributed by atoms with E-state index in [1.165, 1.54) is 0 Å². The molecule has 4 nitrogen and oxygen atoms in total. The van der Waals surface area contributed by atoms with Crippen LogP contribution in [0.5, 0.6) is 5.75 Å². The van der Waals surface area contributed by atoms with Crippen LogP contribution in [0.2, 0.25) is 0 Å². The van der Waals surface area contributed by atoms with Crippen molar-refractivity contribution in [3.8, 4) is 5.75 Å². The largest absolute Gasteiger partial charge is 0.507 e. The zero-order valence-corrected chi connectivity index (χ0v) is 8.82. The minimum absolute atomic E-state index is 0.107. The van der Waals surface area contributed by atoms with E-state index in [9.17, 15) is 9.90 Å². The molecule has 0 aliphatic heterocycles. The van der Waals surface area contributed by atoms with Crippen molar-refractivity contribution in [2.75, 3.05) is 0 Å². The van der Waals surface area contributed by atoms with Gasteiger partial charge in [0, 0.05) is 6.04 Å². The highest BCUT2D eigenvalue weighted by Gasteiger charge is 2.13. The Kier molecular flexibility index (Phi) is 3.31. The first-order valence-electron chi connectivity index (χ1n) is 4.69. The summed E-state index contributed by atoms with van der Waals surface area (Å²) < 4.78 is 0. The lowest BCUT2D eigenvalue weighted by Crippen LogP contribution is -2.15. The van der Waals surface area contributed by atoms with Crippen molar-refractivity contribution < 1.29 is 15.0 Å². The number of carboxylic acid groups (broad SMARTS) is 1. The Labute approximate surface area is 88.3 Å². The van der Waals surface area contributed by atoms with Gasteiger partial charge in [-0.1, -0.05) is 12.1 Å². The fourth-order valence-corrected chi connectivity index (χ4v) is 1.51. The summed E-state index contributed by atoms with van der Waals surface area (Å²) in [6, 6.07) is 2.91. The molecule has 1 unspecified atom stereocenters. The minimum Gasteiger partial charge on any atom is -0.507 e. The molecule has 4 N–H and O–H groups in total. The smallest absolute Gasteiger partial charge is 0.305 e. The van der Waals surface area contributed by atoms with E-state index in [-0.39, 0.29) is 12.2 Å². The molecule has 0 bridgehead atoms. The Morgan fingerprint density at radius 2 is 1.87 bits per heavy atom. The molecule has 0 saturated heterocycles. The van der Waals surface area contributed by atoms with Crippen molar-refractivity contribution in [2.45, 2.75) is 26.3 Å². The van der Waals surface area contributed by atoms with Gasteiger partial charge in [0.05, 0.1) is 6.42 Å². The highest BCUT2D eigenvalue weighted by molar-refractivity contribution is 5.68. The topological polar surface area (TPSA) is 83.6 Å². The standard InChI is InChI=1S/C11H15NO3/c1-6-3-8(4-7(2)11(6)15)9(12)5-10(13)14/h3-4,9,15H,5,12H2,1-2H3,(H,13,14). The van der Waals surface area contributed by atoms with E-state index in [0.717, 1.165) is 5.56 Å². The lowest BCUT2D eigenvalue weighted by Gasteiger charge is -2.12. The van der Waals surface area contributed by atoms with Gasteiger partial charge in [-0.05, 0) is 30.5 Å². The molecule has 0 fully saturated rings. The molecule has 82 valence electrons. The highest BCUT2D eigenvalue weighted by Crippen LogP contribution is 2.26. The van der Waals surface area contributed by atoms with Crippen molar-refractivity contribution in [3.05, 3.63) is 28.8 Å². The lowest BCUT2D eigenvalue weighted by molar-refractivity contribution is -0.137. The molecule has 0 aromatic heterocycles. The van der Waals surface area contributed by atoms with Gasteiger partial charge in [-0.25, -0.2) is 0 Å². The average Bonchev–Trinajstić information content (AvgIpc) is 2.12. The third kappa shape index (κ3) is 2.70. The highest BCUT2D eigenvalue weighted by atomic mass is 16.4. The Morgan fingerprint density at radius 1 is 1.40 bits per heavy atom. The summed E-state index contributed by atoms with van der Waals surface area (Å²) in [7, 11) is 0. The Morgan fingerprint density at radius 3 is 2.27 bits per heavy atom. The number of aryl methyl sites for hydroxylation is 2. The van der Waals surface area contributed by atoms with Gasteiger partial charge in [0.1, 0.15) is 5.75 Å². The van der Waals surface area contributed by atoms with Gasteiger partial charge in [0.25, 0.3) is 0 Å². The fourth-order valence-electron chi connectivity index (χ4n) is 1.51. The summed E-state index contributed by atoms with van der Waals surface area (Å²) in [5, 5.41) is 18.1. The van der Waals surface area contributed by atoms with Crippen molar-refractivity contribution in [1.82, 2.24) is 0 Å². The summed E-state index contributed by atoms with van der Waals surface area (Å²) in [5.41, 5.74) is 7.89. The predicted octanol–water partition coefficient (Wildman–Crippen LogP) is 1.48. The van der Waals surface area contributed by atoms with Gasteiger partial charge in [0.15, 0.2) is 0 Å². The normalized spacial score (nSPS) is 12.5. The molecule has 0 spiro atoms. The van der Waals surface area contributed by atoms with E-state index >= 15 is 0 Å². The zero-order valence-electron chi connectivity index (χ0n) is 8.82. The molecule has 1 rings (SSSR count). The number of aromatic hydroxyl groups is 1. The summed E-state index contributed by atoms with van der Waals surface area (Å²) in [6.07, 6.45) is -0.107. The van der Waals surface area contributed by atoms with E-state index in [1.54, 1.807) is 26.0 Å². The molecule has 1 aromatic carbocycles. The van der Waals surface area contributed by atoms with Gasteiger partial charge in [-0.2, -0.15) is 0 Å². The van der Waals surface area contributed by atoms with E-state index in [4.69, 9.17) is 10.8 Å². The molecule has 0 heterocycles. The summed E-state index contributed by atoms with van der Waals surface area (Å²) in [6.45, 7) is 3.53. The first kappa shape index (κ1) is 11.5. The van der Waals surface area contributed by atoms with Gasteiger partial charge in [-0.3, -0.25) is 4.79 Å². The molecule has 0 radical (unpaired) electrons. The van der Waals surface area contributed by atoms with Crippen LogP contribution in [0.3, 0.4) is 0 Å². The van der Waals surface area contributed by atoms with Crippen LogP contribution in [0.25, 0.3) is 0 Å². The number of rotatable bonds is 3. The maximum atomic E-state index is 10.5. The van der Waals surface area contributed by atoms with Crippen LogP contribution in [0.1, 0.15) is 29.2 Å². The number of hydrogen-bond acceptors (Lipinski definition) is 3. The van der Waals surface area contributed by atoms with Crippen LogP contribution in [0, 0.1) is 13.8 Å². The maximum absolute atomic E-state index is 10.5. The second-order valence-corrected chi connectivity index (χ2v) is 3.71. The molecule has 0 saturated carbocycles. The molecule has 1 aromatic rings. The van der Waals surface area contributed by atoms with Crippen LogP contribution in [-0.4, -0.2) is 16.2 Å². The zero-order chi connectivity index (χ0) is 11.6. The Hall–Kier alpha value is -1.55. The average molecular weight is 209 g/mol. The van der Waals surface area contributed by atoms with Gasteiger partial charge >= 0.3 is 5.97 Å². The number of hydrogen-bond donors (Lipinski definition) is 3. The van der Waals surface area contributed by atoms with Crippen LogP contribution < -0.4 is 5.73 Å². The molecule has 15 heavy (non-hydrogen) atoms. The monoisotopic (exact) mass is 209 g/mol. The third-order valence-electron chi connectivity index (χ3n) is 2.34. The van der Waals surface area contributed by atoms with Gasteiger partial charge in [0.2, 0.25) is 0 Å². The van der Waals surface area contributed by atoms with Gasteiger partial charge < -0.3 is 15.9 Å². The SMILES string of the molecule is Cc1cc(C(N)CC(=O)O)cc(C)c1O. The van der Waals surface area contributed by atoms with Gasteiger partial charge in [-0.15, -0.1) is 0 Å². The molecule has 1 atom stereocenters. The predicted molar refractivity (Wildman–Crippen MR) is 56.8 cm³/mol. The van der Waals surface area contributed by atoms with E-state index in [1.807, 2.05) is 0 Å². The van der Waals surface area contributed by atoms with Crippen LogP contribution in [-0.2, 0) is 4.79 Å². The maximum Gasteiger partial charge on any atom is 0.305 e. The van der Waals surface area contributed by atoms with Crippen LogP contribution >= 0.6 is 0 Å². The molecule has 0 aliphatic carbocycles. The lowest BCUT2D eigenvalue weighted by atomic mass is 9.99. The first-order valence-corrected chi connectivity index (χ1v) is 4.69. The molecule has 0 amide bonds. The number of carbonyl (C=O) groups is 1. The second kappa shape index (κ2) is 4.31. The number of aliphatic carboxylic acids is 1. The van der Waals surface area contributed by atoms with E-state index in [2.05, 4.69) is 0 Å². The number of carboxylic acids is 1. The molecular weight excluding hydrogens is 194 g/mol. The Bertz CT molecular complexity index is 364. The van der Waals surface area contributed by atoms with Crippen molar-refractivity contribution in [3.63, 3.8) is 0 Å². The molecule has 0 aliphatic rings. The van der Waals surface area contributed by atoms with Crippen LogP contribution in [0.4, 0.5) is 0 Å². The molecular formula is C11H15NO3. The van der Waals surface area contributed by atoms with Crippen LogP contribution in [0.15, 0.2) is 12.1 Å². The third-order valence-corrected chi connectivity index (χ3v) is 2.34. The quantitative estimate of drug-likeness (QED) is 0.704. The summed E-state index contributed by atoms with van der Waals surface area (Å²) in [5.74, 6) is -0.688. The molecule has 4 heteroatoms. The van der Waals surface area contributed by atoms with Crippen molar-refractivity contribution in [2.24, 2.45) is 5.73 Å². The summed E-state index contributed by atoms with van der Waals surface area (Å²) >= 11 is 0.